The standard InChI is InChI=1S/C21H24F3N3O3/c22-21(23,24)12-8-9-13(17(29)11-12)18-14-5-3-4-10-30-19(14)20(27-26-18)25-15-6-1-2-7-16(15)28/h8-9,11,15-16,28-29H,1-7,10H2,(H,25,27)/t15-,16-/m1/s1. The predicted molar refractivity (Wildman–Crippen MR) is 104 cm³/mol. The lowest BCUT2D eigenvalue weighted by atomic mass is 9.92. The summed E-state index contributed by atoms with van der Waals surface area (Å²) in [7, 11) is 0. The Kier molecular flexibility index (Phi) is 5.73. The van der Waals surface area contributed by atoms with Crippen molar-refractivity contribution in [1.29, 1.82) is 0 Å². The first kappa shape index (κ1) is 20.7. The first-order valence-corrected chi connectivity index (χ1v) is 10.2. The predicted octanol–water partition coefficient (Wildman–Crippen LogP) is 4.30. The Morgan fingerprint density at radius 3 is 2.60 bits per heavy atom. The summed E-state index contributed by atoms with van der Waals surface area (Å²) in [6, 6.07) is 2.68. The van der Waals surface area contributed by atoms with Gasteiger partial charge in [0.2, 0.25) is 0 Å². The number of benzene rings is 1. The molecule has 0 saturated heterocycles. The van der Waals surface area contributed by atoms with Crippen LogP contribution in [-0.2, 0) is 12.6 Å². The van der Waals surface area contributed by atoms with Gasteiger partial charge in [-0.15, -0.1) is 10.2 Å². The van der Waals surface area contributed by atoms with Crippen LogP contribution in [0.3, 0.4) is 0 Å². The monoisotopic (exact) mass is 423 g/mol. The number of aromatic nitrogens is 2. The van der Waals surface area contributed by atoms with E-state index in [9.17, 15) is 23.4 Å². The fourth-order valence-corrected chi connectivity index (χ4v) is 4.10. The minimum absolute atomic E-state index is 0.158. The van der Waals surface area contributed by atoms with E-state index >= 15 is 0 Å². The normalized spacial score (nSPS) is 22.0. The fourth-order valence-electron chi connectivity index (χ4n) is 4.10. The number of aliphatic hydroxyl groups excluding tert-OH is 1. The van der Waals surface area contributed by atoms with Gasteiger partial charge in [-0.05, 0) is 50.3 Å². The van der Waals surface area contributed by atoms with Crippen molar-refractivity contribution < 1.29 is 28.1 Å². The third kappa shape index (κ3) is 4.16. The van der Waals surface area contributed by atoms with Gasteiger partial charge in [0.15, 0.2) is 11.6 Å². The maximum absolute atomic E-state index is 12.9. The zero-order chi connectivity index (χ0) is 21.3. The van der Waals surface area contributed by atoms with Gasteiger partial charge in [-0.2, -0.15) is 13.2 Å². The zero-order valence-electron chi connectivity index (χ0n) is 16.4. The molecular formula is C21H24F3N3O3. The molecule has 30 heavy (non-hydrogen) atoms. The Hall–Kier alpha value is -2.55. The molecule has 4 rings (SSSR count). The van der Waals surface area contributed by atoms with Gasteiger partial charge in [-0.25, -0.2) is 0 Å². The van der Waals surface area contributed by atoms with E-state index in [1.54, 1.807) is 0 Å². The van der Waals surface area contributed by atoms with E-state index in [4.69, 9.17) is 4.74 Å². The lowest BCUT2D eigenvalue weighted by molar-refractivity contribution is -0.137. The van der Waals surface area contributed by atoms with Crippen LogP contribution in [0.1, 0.15) is 49.7 Å². The van der Waals surface area contributed by atoms with Gasteiger partial charge < -0.3 is 20.3 Å². The first-order chi connectivity index (χ1) is 14.3. The van der Waals surface area contributed by atoms with E-state index in [0.29, 0.717) is 48.3 Å². The SMILES string of the molecule is Oc1cc(C(F)(F)F)ccc1-c1nnc(N[C@@H]2CCCC[C@H]2O)c2c1CCCCO2. The molecular weight excluding hydrogens is 399 g/mol. The van der Waals surface area contributed by atoms with Crippen LogP contribution in [0.25, 0.3) is 11.3 Å². The van der Waals surface area contributed by atoms with Crippen molar-refractivity contribution in [2.24, 2.45) is 0 Å². The second kappa shape index (κ2) is 8.29. The van der Waals surface area contributed by atoms with Crippen LogP contribution in [0.15, 0.2) is 18.2 Å². The van der Waals surface area contributed by atoms with Crippen LogP contribution < -0.4 is 10.1 Å². The van der Waals surface area contributed by atoms with E-state index < -0.39 is 23.6 Å². The van der Waals surface area contributed by atoms with Crippen LogP contribution >= 0.6 is 0 Å². The van der Waals surface area contributed by atoms with Crippen LogP contribution in [0.5, 0.6) is 11.5 Å². The molecule has 9 heteroatoms. The molecule has 1 aromatic heterocycles. The Morgan fingerprint density at radius 2 is 1.87 bits per heavy atom. The van der Waals surface area contributed by atoms with Gasteiger partial charge in [0.05, 0.1) is 24.3 Å². The molecule has 1 aromatic carbocycles. The molecule has 1 aliphatic carbocycles. The molecule has 0 amide bonds. The summed E-state index contributed by atoms with van der Waals surface area (Å²) in [6.45, 7) is 0.485. The van der Waals surface area contributed by atoms with Crippen LogP contribution in [0, 0.1) is 0 Å². The first-order valence-electron chi connectivity index (χ1n) is 10.2. The maximum atomic E-state index is 12.9. The van der Waals surface area contributed by atoms with Crippen molar-refractivity contribution in [3.8, 4) is 22.8 Å². The van der Waals surface area contributed by atoms with Gasteiger partial charge in [0.1, 0.15) is 11.4 Å². The molecule has 1 aliphatic heterocycles. The maximum Gasteiger partial charge on any atom is 0.416 e. The smallest absolute Gasteiger partial charge is 0.416 e. The van der Waals surface area contributed by atoms with Crippen LogP contribution in [0.2, 0.25) is 0 Å². The summed E-state index contributed by atoms with van der Waals surface area (Å²) in [4.78, 5) is 0. The molecule has 162 valence electrons. The topological polar surface area (TPSA) is 87.5 Å². The van der Waals surface area contributed by atoms with Gasteiger partial charge >= 0.3 is 6.18 Å². The number of halogens is 3. The molecule has 6 nitrogen and oxygen atoms in total. The molecule has 3 N–H and O–H groups in total. The highest BCUT2D eigenvalue weighted by molar-refractivity contribution is 5.74. The zero-order valence-corrected chi connectivity index (χ0v) is 16.4. The van der Waals surface area contributed by atoms with Gasteiger partial charge in [0, 0.05) is 11.1 Å². The number of alkyl halides is 3. The summed E-state index contributed by atoms with van der Waals surface area (Å²) in [6.07, 6.45) is 0.704. The van der Waals surface area contributed by atoms with Gasteiger partial charge in [-0.3, -0.25) is 0 Å². The quantitative estimate of drug-likeness (QED) is 0.682. The number of nitrogens with zero attached hydrogens (tertiary/aromatic N) is 2. The number of hydrogen-bond acceptors (Lipinski definition) is 6. The largest absolute Gasteiger partial charge is 0.507 e. The minimum Gasteiger partial charge on any atom is -0.507 e. The van der Waals surface area contributed by atoms with Crippen LogP contribution in [0.4, 0.5) is 19.0 Å². The molecule has 0 unspecified atom stereocenters. The molecule has 1 fully saturated rings. The van der Waals surface area contributed by atoms with Crippen LogP contribution in [-0.4, -0.2) is 39.2 Å². The second-order valence-corrected chi connectivity index (χ2v) is 7.84. The third-order valence-corrected chi connectivity index (χ3v) is 5.72. The molecule has 0 spiro atoms. The molecule has 2 aliphatic rings. The number of phenolic OH excluding ortho intramolecular Hbond substituents is 1. The molecule has 2 heterocycles. The number of aromatic hydroxyl groups is 1. The van der Waals surface area contributed by atoms with E-state index in [1.807, 2.05) is 0 Å². The highest BCUT2D eigenvalue weighted by atomic mass is 19.4. The summed E-state index contributed by atoms with van der Waals surface area (Å²) in [5.41, 5.74) is 0.267. The average Bonchev–Trinajstić information content (AvgIpc) is 2.96. The highest BCUT2D eigenvalue weighted by Crippen LogP contribution is 2.41. The summed E-state index contributed by atoms with van der Waals surface area (Å²) >= 11 is 0. The summed E-state index contributed by atoms with van der Waals surface area (Å²) in [5.74, 6) is 0.413. The van der Waals surface area contributed by atoms with Crippen molar-refractivity contribution >= 4 is 5.82 Å². The minimum atomic E-state index is -4.55. The number of rotatable bonds is 3. The van der Waals surface area contributed by atoms with E-state index in [0.717, 1.165) is 38.2 Å². The number of anilines is 1. The van der Waals surface area contributed by atoms with Gasteiger partial charge in [-0.1, -0.05) is 12.8 Å². The number of phenols is 1. The van der Waals surface area contributed by atoms with E-state index in [-0.39, 0.29) is 11.6 Å². The lowest BCUT2D eigenvalue weighted by Gasteiger charge is -2.29. The number of aliphatic hydroxyl groups is 1. The molecule has 0 bridgehead atoms. The van der Waals surface area contributed by atoms with E-state index in [1.165, 1.54) is 6.07 Å². The van der Waals surface area contributed by atoms with Crippen molar-refractivity contribution in [2.75, 3.05) is 11.9 Å². The summed E-state index contributed by atoms with van der Waals surface area (Å²) in [5, 5.41) is 32.3. The number of fused-ring (bicyclic) bond motifs is 1. The lowest BCUT2D eigenvalue weighted by Crippen LogP contribution is -2.36. The van der Waals surface area contributed by atoms with Gasteiger partial charge in [0.25, 0.3) is 0 Å². The Labute approximate surface area is 172 Å². The molecule has 2 atom stereocenters. The second-order valence-electron chi connectivity index (χ2n) is 7.84. The third-order valence-electron chi connectivity index (χ3n) is 5.72. The average molecular weight is 423 g/mol. The Balaban J connectivity index is 1.73. The summed E-state index contributed by atoms with van der Waals surface area (Å²) < 4.78 is 44.8. The Bertz CT molecular complexity index is 920. The molecule has 0 radical (unpaired) electrons. The Morgan fingerprint density at radius 1 is 1.07 bits per heavy atom. The number of ether oxygens (including phenoxy) is 1. The van der Waals surface area contributed by atoms with E-state index in [2.05, 4.69) is 15.5 Å². The fraction of sp³-hybridized carbons (Fsp3) is 0.524. The van der Waals surface area contributed by atoms with Crippen molar-refractivity contribution in [3.05, 3.63) is 29.3 Å². The molecule has 1 saturated carbocycles. The number of hydrogen-bond donors (Lipinski definition) is 3. The van der Waals surface area contributed by atoms with Crippen molar-refractivity contribution in [2.45, 2.75) is 63.3 Å². The number of nitrogens with one attached hydrogen (secondary N) is 1. The molecule has 2 aromatic rings. The highest BCUT2D eigenvalue weighted by Gasteiger charge is 2.32. The van der Waals surface area contributed by atoms with Crippen molar-refractivity contribution in [1.82, 2.24) is 10.2 Å². The van der Waals surface area contributed by atoms with Crippen molar-refractivity contribution in [3.63, 3.8) is 0 Å².